The van der Waals surface area contributed by atoms with E-state index in [0.29, 0.717) is 13.0 Å². The second-order valence-electron chi connectivity index (χ2n) is 6.01. The molecule has 0 saturated carbocycles. The van der Waals surface area contributed by atoms with Gasteiger partial charge in [0.15, 0.2) is 6.10 Å². The number of ether oxygens (including phenoxy) is 2. The van der Waals surface area contributed by atoms with Crippen LogP contribution in [0.5, 0.6) is 5.75 Å². The van der Waals surface area contributed by atoms with Crippen LogP contribution < -0.4 is 4.74 Å². The largest absolute Gasteiger partial charge is 0.488 e. The van der Waals surface area contributed by atoms with Gasteiger partial charge in [0.25, 0.3) is 0 Å². The number of hydrogen-bond donors (Lipinski definition) is 1. The fraction of sp³-hybridized carbons (Fsp3) is 0.588. The van der Waals surface area contributed by atoms with E-state index in [2.05, 4.69) is 0 Å². The van der Waals surface area contributed by atoms with E-state index in [4.69, 9.17) is 9.47 Å². The lowest BCUT2D eigenvalue weighted by Gasteiger charge is -2.24. The minimum absolute atomic E-state index is 0.161. The third-order valence-electron chi connectivity index (χ3n) is 3.13. The van der Waals surface area contributed by atoms with Gasteiger partial charge in [-0.05, 0) is 51.8 Å². The van der Waals surface area contributed by atoms with Crippen LogP contribution in [0.25, 0.3) is 0 Å². The average molecular weight is 294 g/mol. The molecule has 0 fully saturated rings. The molecule has 21 heavy (non-hydrogen) atoms. The van der Waals surface area contributed by atoms with Gasteiger partial charge in [0.2, 0.25) is 0 Å². The molecule has 1 aromatic rings. The predicted molar refractivity (Wildman–Crippen MR) is 82.9 cm³/mol. The summed E-state index contributed by atoms with van der Waals surface area (Å²) < 4.78 is 11.2. The number of carboxylic acid groups (broad SMARTS) is 1. The molecule has 2 atom stereocenters. The highest BCUT2D eigenvalue weighted by molar-refractivity contribution is 5.73. The molecule has 4 nitrogen and oxygen atoms in total. The summed E-state index contributed by atoms with van der Waals surface area (Å²) in [4.78, 5) is 11.4. The maximum Gasteiger partial charge on any atom is 0.333 e. The summed E-state index contributed by atoms with van der Waals surface area (Å²) in [5.74, 6) is -0.297. The number of rotatable bonds is 7. The number of carboxylic acids is 1. The van der Waals surface area contributed by atoms with E-state index in [1.165, 1.54) is 0 Å². The zero-order valence-corrected chi connectivity index (χ0v) is 13.6. The van der Waals surface area contributed by atoms with E-state index in [-0.39, 0.29) is 11.5 Å². The standard InChI is InChI=1S/C17H26O4/c1-6-14(15(16(18)19)20-7-2)12-8-10-13(11-9-12)21-17(3,4)5/h8-11,14-15H,6-7H2,1-5H3,(H,18,19). The van der Waals surface area contributed by atoms with Crippen LogP contribution in [-0.2, 0) is 9.53 Å². The Kier molecular flexibility index (Phi) is 6.21. The first-order chi connectivity index (χ1) is 9.78. The Morgan fingerprint density at radius 3 is 2.14 bits per heavy atom. The van der Waals surface area contributed by atoms with E-state index in [1.54, 1.807) is 0 Å². The first-order valence-electron chi connectivity index (χ1n) is 7.41. The van der Waals surface area contributed by atoms with Gasteiger partial charge in [-0.2, -0.15) is 0 Å². The quantitative estimate of drug-likeness (QED) is 0.830. The smallest absolute Gasteiger partial charge is 0.333 e. The molecule has 0 aliphatic carbocycles. The van der Waals surface area contributed by atoms with Crippen molar-refractivity contribution in [3.63, 3.8) is 0 Å². The van der Waals surface area contributed by atoms with Gasteiger partial charge in [-0.3, -0.25) is 0 Å². The van der Waals surface area contributed by atoms with E-state index in [9.17, 15) is 9.90 Å². The molecule has 0 aliphatic heterocycles. The van der Waals surface area contributed by atoms with E-state index in [0.717, 1.165) is 11.3 Å². The van der Waals surface area contributed by atoms with Gasteiger partial charge < -0.3 is 14.6 Å². The molecule has 0 bridgehead atoms. The molecule has 0 aliphatic rings. The highest BCUT2D eigenvalue weighted by Gasteiger charge is 2.28. The number of carbonyl (C=O) groups is 1. The Balaban J connectivity index is 2.93. The van der Waals surface area contributed by atoms with E-state index in [1.807, 2.05) is 58.9 Å². The maximum absolute atomic E-state index is 11.4. The molecule has 0 amide bonds. The van der Waals surface area contributed by atoms with Crippen molar-refractivity contribution in [3.8, 4) is 5.75 Å². The summed E-state index contributed by atoms with van der Waals surface area (Å²) in [6.07, 6.45) is -0.106. The fourth-order valence-corrected chi connectivity index (χ4v) is 2.30. The normalized spacial score (nSPS) is 14.5. The number of aliphatic carboxylic acids is 1. The zero-order chi connectivity index (χ0) is 16.0. The second-order valence-corrected chi connectivity index (χ2v) is 6.01. The lowest BCUT2D eigenvalue weighted by molar-refractivity contribution is -0.151. The van der Waals surface area contributed by atoms with Crippen molar-refractivity contribution >= 4 is 5.97 Å². The number of hydrogen-bond acceptors (Lipinski definition) is 3. The molecule has 118 valence electrons. The number of benzene rings is 1. The van der Waals surface area contributed by atoms with Crippen molar-refractivity contribution in [2.75, 3.05) is 6.61 Å². The summed E-state index contributed by atoms with van der Waals surface area (Å²) in [7, 11) is 0. The molecule has 1 rings (SSSR count). The Labute approximate surface area is 127 Å². The Bertz CT molecular complexity index is 445. The maximum atomic E-state index is 11.4. The molecule has 0 spiro atoms. The summed E-state index contributed by atoms with van der Waals surface area (Å²) in [5, 5.41) is 9.32. The van der Waals surface area contributed by atoms with Crippen LogP contribution in [0.2, 0.25) is 0 Å². The van der Waals surface area contributed by atoms with Gasteiger partial charge in [-0.25, -0.2) is 4.79 Å². The molecule has 1 N–H and O–H groups in total. The monoisotopic (exact) mass is 294 g/mol. The molecule has 0 aromatic heterocycles. The second kappa shape index (κ2) is 7.46. The summed E-state index contributed by atoms with van der Waals surface area (Å²) in [6, 6.07) is 7.61. The third kappa shape index (κ3) is 5.38. The van der Waals surface area contributed by atoms with Crippen molar-refractivity contribution in [1.82, 2.24) is 0 Å². The molecule has 0 heterocycles. The lowest BCUT2D eigenvalue weighted by Crippen LogP contribution is -2.31. The van der Waals surface area contributed by atoms with Crippen LogP contribution in [0.3, 0.4) is 0 Å². The van der Waals surface area contributed by atoms with Crippen LogP contribution in [0.15, 0.2) is 24.3 Å². The van der Waals surface area contributed by atoms with Crippen molar-refractivity contribution in [3.05, 3.63) is 29.8 Å². The molecule has 1 aromatic carbocycles. The Hall–Kier alpha value is -1.55. The summed E-state index contributed by atoms with van der Waals surface area (Å²) >= 11 is 0. The van der Waals surface area contributed by atoms with Crippen molar-refractivity contribution < 1.29 is 19.4 Å². The van der Waals surface area contributed by atoms with Gasteiger partial charge in [0, 0.05) is 12.5 Å². The van der Waals surface area contributed by atoms with Crippen LogP contribution in [-0.4, -0.2) is 29.4 Å². The van der Waals surface area contributed by atoms with E-state index >= 15 is 0 Å². The van der Waals surface area contributed by atoms with Crippen molar-refractivity contribution in [2.45, 2.75) is 58.7 Å². The highest BCUT2D eigenvalue weighted by atomic mass is 16.5. The first-order valence-corrected chi connectivity index (χ1v) is 7.41. The van der Waals surface area contributed by atoms with Gasteiger partial charge in [0.05, 0.1) is 0 Å². The molecule has 0 radical (unpaired) electrons. The summed E-state index contributed by atoms with van der Waals surface area (Å²) in [5.41, 5.74) is 0.709. The Morgan fingerprint density at radius 2 is 1.76 bits per heavy atom. The van der Waals surface area contributed by atoms with E-state index < -0.39 is 12.1 Å². The SMILES string of the molecule is CCOC(C(=O)O)C(CC)c1ccc(OC(C)(C)C)cc1. The average Bonchev–Trinajstić information content (AvgIpc) is 2.38. The zero-order valence-electron chi connectivity index (χ0n) is 13.6. The van der Waals surface area contributed by atoms with Crippen molar-refractivity contribution in [1.29, 1.82) is 0 Å². The van der Waals surface area contributed by atoms with Crippen molar-refractivity contribution in [2.24, 2.45) is 0 Å². The van der Waals surface area contributed by atoms with Gasteiger partial charge in [-0.1, -0.05) is 19.1 Å². The lowest BCUT2D eigenvalue weighted by atomic mass is 9.90. The minimum atomic E-state index is -0.918. The molecule has 2 unspecified atom stereocenters. The van der Waals surface area contributed by atoms with Gasteiger partial charge in [-0.15, -0.1) is 0 Å². The highest BCUT2D eigenvalue weighted by Crippen LogP contribution is 2.28. The molecular formula is C17H26O4. The van der Waals surface area contributed by atoms with Crippen LogP contribution in [0, 0.1) is 0 Å². The molecule has 0 saturated heterocycles. The topological polar surface area (TPSA) is 55.8 Å². The van der Waals surface area contributed by atoms with Crippen LogP contribution >= 0.6 is 0 Å². The fourth-order valence-electron chi connectivity index (χ4n) is 2.30. The van der Waals surface area contributed by atoms with Gasteiger partial charge >= 0.3 is 5.97 Å². The molecular weight excluding hydrogens is 268 g/mol. The van der Waals surface area contributed by atoms with Gasteiger partial charge in [0.1, 0.15) is 11.4 Å². The predicted octanol–water partition coefficient (Wildman–Crippen LogP) is 3.85. The Morgan fingerprint density at radius 1 is 1.19 bits per heavy atom. The minimum Gasteiger partial charge on any atom is -0.488 e. The first kappa shape index (κ1) is 17.5. The third-order valence-corrected chi connectivity index (χ3v) is 3.13. The van der Waals surface area contributed by atoms with Crippen LogP contribution in [0.1, 0.15) is 52.5 Å². The summed E-state index contributed by atoms with van der Waals surface area (Å²) in [6.45, 7) is 10.1. The van der Waals surface area contributed by atoms with Crippen LogP contribution in [0.4, 0.5) is 0 Å². The molecule has 4 heteroatoms.